The molecule has 0 radical (unpaired) electrons. The summed E-state index contributed by atoms with van der Waals surface area (Å²) in [6.07, 6.45) is 3.64. The van der Waals surface area contributed by atoms with E-state index in [1.807, 2.05) is 6.92 Å². The average molecular weight is 220 g/mol. The molecule has 0 unspecified atom stereocenters. The van der Waals surface area contributed by atoms with Gasteiger partial charge in [0, 0.05) is 5.56 Å². The van der Waals surface area contributed by atoms with Gasteiger partial charge in [-0.3, -0.25) is 0 Å². The minimum atomic E-state index is -0.415. The van der Waals surface area contributed by atoms with E-state index in [0.29, 0.717) is 28.6 Å². The summed E-state index contributed by atoms with van der Waals surface area (Å²) in [5.41, 5.74) is 1.53. The fraction of sp³-hybridized carbons (Fsp3) is 0.273. The van der Waals surface area contributed by atoms with Gasteiger partial charge in [0.25, 0.3) is 5.65 Å². The van der Waals surface area contributed by atoms with Crippen molar-refractivity contribution in [3.63, 3.8) is 0 Å². The third kappa shape index (κ3) is 1.41. The maximum absolute atomic E-state index is 11.7. The maximum Gasteiger partial charge on any atom is 0.339 e. The predicted octanol–water partition coefficient (Wildman–Crippen LogP) is 1.15. The molecule has 16 heavy (non-hydrogen) atoms. The Bertz CT molecular complexity index is 545. The number of aromatic amines is 1. The summed E-state index contributed by atoms with van der Waals surface area (Å²) in [6, 6.07) is 1.70. The van der Waals surface area contributed by atoms with Gasteiger partial charge in [0.15, 0.2) is 0 Å². The van der Waals surface area contributed by atoms with Gasteiger partial charge in [0.05, 0.1) is 30.5 Å². The highest BCUT2D eigenvalue weighted by Gasteiger charge is 2.20. The Labute approximate surface area is 92.2 Å². The van der Waals surface area contributed by atoms with Crippen molar-refractivity contribution in [2.45, 2.75) is 13.3 Å². The molecule has 5 nitrogen and oxygen atoms in total. The van der Waals surface area contributed by atoms with Crippen LogP contribution in [0.4, 0.5) is 0 Å². The lowest BCUT2D eigenvalue weighted by Gasteiger charge is -2.10. The van der Waals surface area contributed by atoms with Gasteiger partial charge >= 0.3 is 5.97 Å². The number of aromatic nitrogens is 2. The Morgan fingerprint density at radius 1 is 1.62 bits per heavy atom. The molecule has 2 rings (SSSR count). The zero-order valence-corrected chi connectivity index (χ0v) is 9.11. The third-order valence-corrected chi connectivity index (χ3v) is 2.58. The van der Waals surface area contributed by atoms with Gasteiger partial charge in [-0.05, 0) is 12.5 Å². The first-order chi connectivity index (χ1) is 7.69. The van der Waals surface area contributed by atoms with Crippen molar-refractivity contribution < 1.29 is 14.3 Å². The third-order valence-electron chi connectivity index (χ3n) is 2.58. The normalized spacial score (nSPS) is 10.6. The molecule has 5 heteroatoms. The molecule has 84 valence electrons. The van der Waals surface area contributed by atoms with Gasteiger partial charge in [0.2, 0.25) is 0 Å². The number of nitrogens with zero attached hydrogens (tertiary/aromatic N) is 1. The summed E-state index contributed by atoms with van der Waals surface area (Å²) in [5.74, 6) is -0.415. The highest BCUT2D eigenvalue weighted by Crippen LogP contribution is 2.19. The van der Waals surface area contributed by atoms with Gasteiger partial charge < -0.3 is 9.94 Å². The van der Waals surface area contributed by atoms with E-state index in [9.17, 15) is 10.0 Å². The maximum atomic E-state index is 11.7. The molecule has 0 atom stereocenters. The first kappa shape index (κ1) is 10.5. The van der Waals surface area contributed by atoms with Crippen molar-refractivity contribution in [1.82, 2.24) is 4.98 Å². The van der Waals surface area contributed by atoms with Crippen LogP contribution in [0.3, 0.4) is 0 Å². The number of esters is 1. The smallest absolute Gasteiger partial charge is 0.339 e. The van der Waals surface area contributed by atoms with E-state index in [-0.39, 0.29) is 0 Å². The van der Waals surface area contributed by atoms with Crippen molar-refractivity contribution in [3.05, 3.63) is 34.8 Å². The Morgan fingerprint density at radius 2 is 2.38 bits per heavy atom. The topological polar surface area (TPSA) is 69.0 Å². The summed E-state index contributed by atoms with van der Waals surface area (Å²) in [5, 5.41) is 12.2. The Kier molecular flexibility index (Phi) is 2.52. The number of ether oxygens (including phenoxy) is 1. The van der Waals surface area contributed by atoms with E-state index in [1.54, 1.807) is 12.3 Å². The number of hydrogen-bond acceptors (Lipinski definition) is 3. The van der Waals surface area contributed by atoms with E-state index >= 15 is 0 Å². The second-order valence-electron chi connectivity index (χ2n) is 3.44. The van der Waals surface area contributed by atoms with Crippen LogP contribution in [-0.4, -0.2) is 18.1 Å². The van der Waals surface area contributed by atoms with Crippen molar-refractivity contribution in [2.75, 3.05) is 7.11 Å². The highest BCUT2D eigenvalue weighted by molar-refractivity contribution is 6.03. The lowest BCUT2D eigenvalue weighted by Crippen LogP contribution is -2.29. The summed E-state index contributed by atoms with van der Waals surface area (Å²) < 4.78 is 5.47. The number of rotatable bonds is 2. The molecule has 2 heterocycles. The number of aryl methyl sites for hydroxylation is 1. The minimum Gasteiger partial charge on any atom is -0.711 e. The first-order valence-electron chi connectivity index (χ1n) is 4.99. The van der Waals surface area contributed by atoms with Crippen LogP contribution in [-0.2, 0) is 11.2 Å². The Balaban J connectivity index is 2.81. The molecule has 0 saturated carbocycles. The quantitative estimate of drug-likeness (QED) is 0.469. The van der Waals surface area contributed by atoms with Crippen LogP contribution in [0.25, 0.3) is 11.0 Å². The lowest BCUT2D eigenvalue weighted by atomic mass is 10.1. The van der Waals surface area contributed by atoms with Crippen LogP contribution in [0.5, 0.6) is 0 Å². The van der Waals surface area contributed by atoms with Gasteiger partial charge in [-0.1, -0.05) is 6.92 Å². The molecule has 0 spiro atoms. The Morgan fingerprint density at radius 3 is 3.00 bits per heavy atom. The second-order valence-corrected chi connectivity index (χ2v) is 3.44. The SMILES string of the molecule is CCc1c[n+]([O-])c2[nH]ccc2c1C(=O)OC. The predicted molar refractivity (Wildman–Crippen MR) is 58.0 cm³/mol. The van der Waals surface area contributed by atoms with Crippen LogP contribution in [0.2, 0.25) is 0 Å². The number of pyridine rings is 1. The molecule has 0 aromatic carbocycles. The molecule has 0 fully saturated rings. The molecule has 2 aromatic heterocycles. The molecule has 2 aromatic rings. The lowest BCUT2D eigenvalue weighted by molar-refractivity contribution is -0.579. The molecular formula is C11H12N2O3. The molecule has 0 aliphatic rings. The molecule has 0 aliphatic carbocycles. The first-order valence-corrected chi connectivity index (χ1v) is 4.99. The van der Waals surface area contributed by atoms with E-state index < -0.39 is 5.97 Å². The van der Waals surface area contributed by atoms with Crippen molar-refractivity contribution in [1.29, 1.82) is 0 Å². The Hall–Kier alpha value is -2.04. The van der Waals surface area contributed by atoms with E-state index in [2.05, 4.69) is 4.98 Å². The van der Waals surface area contributed by atoms with E-state index in [0.717, 1.165) is 4.73 Å². The standard InChI is InChI=1S/C11H12N2O3/c1-3-7-6-13(15)10-8(4-5-12-10)9(7)11(14)16-2/h4-6,12H,3H2,1-2H3. The van der Waals surface area contributed by atoms with Crippen LogP contribution in [0, 0.1) is 5.21 Å². The summed E-state index contributed by atoms with van der Waals surface area (Å²) in [7, 11) is 1.33. The van der Waals surface area contributed by atoms with Crippen molar-refractivity contribution in [3.8, 4) is 0 Å². The number of carbonyl (C=O) groups excluding carboxylic acids is 1. The number of carbonyl (C=O) groups is 1. The number of hydrogen-bond donors (Lipinski definition) is 1. The molecule has 1 N–H and O–H groups in total. The molecular weight excluding hydrogens is 208 g/mol. The van der Waals surface area contributed by atoms with E-state index in [1.165, 1.54) is 13.3 Å². The van der Waals surface area contributed by atoms with Crippen molar-refractivity contribution in [2.24, 2.45) is 0 Å². The van der Waals surface area contributed by atoms with Crippen molar-refractivity contribution >= 4 is 17.0 Å². The fourth-order valence-corrected chi connectivity index (χ4v) is 1.80. The van der Waals surface area contributed by atoms with Crippen LogP contribution in [0.1, 0.15) is 22.8 Å². The number of H-pyrrole nitrogens is 1. The van der Waals surface area contributed by atoms with Gasteiger partial charge in [0.1, 0.15) is 0 Å². The average Bonchev–Trinajstić information content (AvgIpc) is 2.77. The molecule has 0 amide bonds. The summed E-state index contributed by atoms with van der Waals surface area (Å²) in [4.78, 5) is 14.5. The largest absolute Gasteiger partial charge is 0.711 e. The zero-order valence-electron chi connectivity index (χ0n) is 9.11. The van der Waals surface area contributed by atoms with Gasteiger partial charge in [-0.15, -0.1) is 0 Å². The van der Waals surface area contributed by atoms with E-state index in [4.69, 9.17) is 4.74 Å². The van der Waals surface area contributed by atoms with Crippen LogP contribution >= 0.6 is 0 Å². The van der Waals surface area contributed by atoms with Gasteiger partial charge in [-0.25, -0.2) is 14.5 Å². The zero-order chi connectivity index (χ0) is 11.7. The number of fused-ring (bicyclic) bond motifs is 1. The molecule has 0 bridgehead atoms. The monoisotopic (exact) mass is 220 g/mol. The number of methoxy groups -OCH3 is 1. The minimum absolute atomic E-state index is 0.373. The summed E-state index contributed by atoms with van der Waals surface area (Å²) in [6.45, 7) is 1.89. The van der Waals surface area contributed by atoms with Gasteiger partial charge in [-0.2, -0.15) is 0 Å². The molecule has 0 aliphatic heterocycles. The number of nitrogens with one attached hydrogen (secondary N) is 1. The highest BCUT2D eigenvalue weighted by atomic mass is 16.5. The fourth-order valence-electron chi connectivity index (χ4n) is 1.80. The van der Waals surface area contributed by atoms with Crippen LogP contribution < -0.4 is 4.73 Å². The molecule has 0 saturated heterocycles. The second kappa shape index (κ2) is 3.84. The summed E-state index contributed by atoms with van der Waals surface area (Å²) >= 11 is 0. The van der Waals surface area contributed by atoms with Crippen LogP contribution in [0.15, 0.2) is 18.5 Å².